The van der Waals surface area contributed by atoms with Crippen molar-refractivity contribution >= 4 is 0 Å². The van der Waals surface area contributed by atoms with Crippen molar-refractivity contribution in [2.75, 3.05) is 0 Å². The van der Waals surface area contributed by atoms with E-state index in [0.717, 1.165) is 12.8 Å². The van der Waals surface area contributed by atoms with Crippen LogP contribution in [0.5, 0.6) is 0 Å². The quantitative estimate of drug-likeness (QED) is 0.405. The number of unbranched alkanes of at least 4 members (excludes halogenated alkanes) is 8. The van der Waals surface area contributed by atoms with Crippen molar-refractivity contribution < 1.29 is 2.74 Å². The topological polar surface area (TPSA) is 0 Å². The third-order valence-corrected chi connectivity index (χ3v) is 2.53. The molecule has 13 heavy (non-hydrogen) atoms. The van der Waals surface area contributed by atoms with Crippen molar-refractivity contribution in [2.24, 2.45) is 0 Å². The molecule has 0 aliphatic carbocycles. The molecule has 0 atom stereocenters. The standard InChI is InChI=1S/C13H28/c1-3-5-7-9-11-13-12-10-8-6-4-2/h3-13H2,1-2H3/i3D2. The first kappa shape index (κ1) is 9.55. The number of hydrogen-bond donors (Lipinski definition) is 0. The molecule has 0 bridgehead atoms. The summed E-state index contributed by atoms with van der Waals surface area (Å²) in [6.07, 6.45) is 11.5. The molecule has 0 fully saturated rings. The fourth-order valence-corrected chi connectivity index (χ4v) is 1.61. The molecule has 0 nitrogen and oxygen atoms in total. The van der Waals surface area contributed by atoms with E-state index >= 15 is 0 Å². The van der Waals surface area contributed by atoms with Crippen LogP contribution in [0.3, 0.4) is 0 Å². The molecule has 0 N–H and O–H groups in total. The Bertz CT molecular complexity index is 127. The molecule has 0 aromatic carbocycles. The SMILES string of the molecule is [2H]C([2H])(C)CCCCCCCCCCC. The average molecular weight is 186 g/mol. The molecular formula is C13H28. The molecule has 0 aromatic heterocycles. The molecule has 0 saturated carbocycles. The van der Waals surface area contributed by atoms with Crippen LogP contribution >= 0.6 is 0 Å². The van der Waals surface area contributed by atoms with Crippen LogP contribution < -0.4 is 0 Å². The molecule has 0 aromatic rings. The average Bonchev–Trinajstić information content (AvgIpc) is 2.14. The Balaban J connectivity index is 2.99. The minimum Gasteiger partial charge on any atom is -0.0654 e. The Morgan fingerprint density at radius 1 is 0.615 bits per heavy atom. The Labute approximate surface area is 87.9 Å². The van der Waals surface area contributed by atoms with Gasteiger partial charge in [0.25, 0.3) is 0 Å². The molecule has 0 radical (unpaired) electrons. The highest BCUT2D eigenvalue weighted by atomic mass is 14.0. The summed E-state index contributed by atoms with van der Waals surface area (Å²) in [5.74, 6) is 0. The lowest BCUT2D eigenvalue weighted by molar-refractivity contribution is 0.554. The molecule has 0 rings (SSSR count). The first-order valence-corrected chi connectivity index (χ1v) is 6.06. The van der Waals surface area contributed by atoms with Gasteiger partial charge in [-0.25, -0.2) is 0 Å². The fourth-order valence-electron chi connectivity index (χ4n) is 1.61. The molecule has 0 saturated heterocycles. The maximum Gasteiger partial charge on any atom is 0.0264 e. The van der Waals surface area contributed by atoms with Gasteiger partial charge in [-0.15, -0.1) is 0 Å². The van der Waals surface area contributed by atoms with E-state index in [1.807, 2.05) is 0 Å². The number of rotatable bonds is 10. The van der Waals surface area contributed by atoms with Crippen molar-refractivity contribution in [3.8, 4) is 0 Å². The Morgan fingerprint density at radius 2 is 1.00 bits per heavy atom. The zero-order valence-electron chi connectivity index (χ0n) is 11.6. The predicted molar refractivity (Wildman–Crippen MR) is 62.1 cm³/mol. The molecular weight excluding hydrogens is 156 g/mol. The first-order chi connectivity index (χ1) is 7.06. The molecule has 80 valence electrons. The van der Waals surface area contributed by atoms with Gasteiger partial charge >= 0.3 is 0 Å². The maximum atomic E-state index is 7.39. The van der Waals surface area contributed by atoms with Crippen LogP contribution in [0.2, 0.25) is 0 Å². The third kappa shape index (κ3) is 12.0. The van der Waals surface area contributed by atoms with Crippen molar-refractivity contribution in [1.82, 2.24) is 0 Å². The van der Waals surface area contributed by atoms with Gasteiger partial charge in [-0.2, -0.15) is 0 Å². The van der Waals surface area contributed by atoms with Crippen LogP contribution in [-0.2, 0) is 0 Å². The lowest BCUT2D eigenvalue weighted by atomic mass is 10.1. The minimum atomic E-state index is -0.957. The molecule has 0 heteroatoms. The van der Waals surface area contributed by atoms with Crippen LogP contribution in [0.15, 0.2) is 0 Å². The van der Waals surface area contributed by atoms with E-state index < -0.39 is 6.37 Å². The van der Waals surface area contributed by atoms with E-state index in [2.05, 4.69) is 6.92 Å². The third-order valence-electron chi connectivity index (χ3n) is 2.53. The Kier molecular flexibility index (Phi) is 8.82. The first-order valence-electron chi connectivity index (χ1n) is 7.06. The van der Waals surface area contributed by atoms with Crippen LogP contribution in [0.25, 0.3) is 0 Å². The van der Waals surface area contributed by atoms with Crippen molar-refractivity contribution in [1.29, 1.82) is 0 Å². The van der Waals surface area contributed by atoms with Gasteiger partial charge in [0.05, 0.1) is 0 Å². The summed E-state index contributed by atoms with van der Waals surface area (Å²) in [5, 5.41) is 0. The normalized spacial score (nSPS) is 14.0. The van der Waals surface area contributed by atoms with Crippen LogP contribution in [0.1, 0.15) is 87.2 Å². The molecule has 0 heterocycles. The Morgan fingerprint density at radius 3 is 1.38 bits per heavy atom. The van der Waals surface area contributed by atoms with Gasteiger partial charge < -0.3 is 0 Å². The van der Waals surface area contributed by atoms with Crippen molar-refractivity contribution in [3.05, 3.63) is 0 Å². The summed E-state index contributed by atoms with van der Waals surface area (Å²) >= 11 is 0. The van der Waals surface area contributed by atoms with Gasteiger partial charge in [-0.3, -0.25) is 0 Å². The van der Waals surface area contributed by atoms with Gasteiger partial charge in [0.2, 0.25) is 0 Å². The summed E-state index contributed by atoms with van der Waals surface area (Å²) in [4.78, 5) is 0. The lowest BCUT2D eigenvalue weighted by Crippen LogP contribution is -1.80. The minimum absolute atomic E-state index is 0.725. The van der Waals surface area contributed by atoms with E-state index in [1.165, 1.54) is 51.4 Å². The predicted octanol–water partition coefficient (Wildman–Crippen LogP) is 5.32. The van der Waals surface area contributed by atoms with Crippen molar-refractivity contribution in [3.63, 3.8) is 0 Å². The lowest BCUT2D eigenvalue weighted by Gasteiger charge is -2.00. The van der Waals surface area contributed by atoms with Crippen LogP contribution in [0.4, 0.5) is 0 Å². The summed E-state index contributed by atoms with van der Waals surface area (Å²) in [6.45, 7) is 3.93. The highest BCUT2D eigenvalue weighted by Gasteiger charge is 1.90. The molecule has 0 aliphatic rings. The van der Waals surface area contributed by atoms with E-state index in [-0.39, 0.29) is 0 Å². The van der Waals surface area contributed by atoms with Gasteiger partial charge in [0.1, 0.15) is 0 Å². The van der Waals surface area contributed by atoms with Crippen LogP contribution in [-0.4, -0.2) is 0 Å². The molecule has 0 spiro atoms. The Hall–Kier alpha value is 0. The summed E-state index contributed by atoms with van der Waals surface area (Å²) in [5.41, 5.74) is 0. The summed E-state index contributed by atoms with van der Waals surface area (Å²) < 4.78 is 14.8. The summed E-state index contributed by atoms with van der Waals surface area (Å²) in [6, 6.07) is 0. The largest absolute Gasteiger partial charge is 0.0654 e. The van der Waals surface area contributed by atoms with Crippen LogP contribution in [0, 0.1) is 0 Å². The van der Waals surface area contributed by atoms with Gasteiger partial charge in [-0.1, -0.05) is 84.4 Å². The second-order valence-corrected chi connectivity index (χ2v) is 3.93. The molecule has 0 unspecified atom stereocenters. The molecule has 0 aliphatic heterocycles. The van der Waals surface area contributed by atoms with Gasteiger partial charge in [0.15, 0.2) is 0 Å². The zero-order valence-corrected chi connectivity index (χ0v) is 9.57. The monoisotopic (exact) mass is 186 g/mol. The highest BCUT2D eigenvalue weighted by molar-refractivity contribution is 4.46. The second-order valence-electron chi connectivity index (χ2n) is 3.93. The summed E-state index contributed by atoms with van der Waals surface area (Å²) in [7, 11) is 0. The number of hydrogen-bond acceptors (Lipinski definition) is 0. The maximum absolute atomic E-state index is 7.39. The van der Waals surface area contributed by atoms with E-state index in [1.54, 1.807) is 6.92 Å². The zero-order chi connectivity index (χ0) is 11.6. The van der Waals surface area contributed by atoms with Gasteiger partial charge in [0, 0.05) is 2.74 Å². The van der Waals surface area contributed by atoms with E-state index in [4.69, 9.17) is 2.74 Å². The second kappa shape index (κ2) is 12.0. The highest BCUT2D eigenvalue weighted by Crippen LogP contribution is 2.10. The van der Waals surface area contributed by atoms with E-state index in [0.29, 0.717) is 0 Å². The fraction of sp³-hybridized carbons (Fsp3) is 1.00. The van der Waals surface area contributed by atoms with Crippen molar-refractivity contribution in [2.45, 2.75) is 84.4 Å². The van der Waals surface area contributed by atoms with Gasteiger partial charge in [-0.05, 0) is 0 Å². The smallest absolute Gasteiger partial charge is 0.0264 e. The molecule has 0 amide bonds. The van der Waals surface area contributed by atoms with E-state index in [9.17, 15) is 0 Å².